The molecule has 1 aromatic carbocycles. The minimum Gasteiger partial charge on any atom is -0.481 e. The number of hydrogen-bond acceptors (Lipinski definition) is 6. The highest BCUT2D eigenvalue weighted by molar-refractivity contribution is 8.05. The molecule has 2 aromatic rings. The number of nitrogens with one attached hydrogen (secondary N) is 1. The van der Waals surface area contributed by atoms with Gasteiger partial charge in [-0.1, -0.05) is 11.3 Å². The molecule has 4 rings (SSSR count). The van der Waals surface area contributed by atoms with E-state index in [4.69, 9.17) is 16.3 Å². The van der Waals surface area contributed by atoms with Crippen LogP contribution in [0.2, 0.25) is 0 Å². The molecule has 1 N–H and O–H groups in total. The Bertz CT molecular complexity index is 944. The Hall–Kier alpha value is -2.52. The summed E-state index contributed by atoms with van der Waals surface area (Å²) in [6, 6.07) is 5.43. The number of allylic oxidation sites excluding steroid dienone is 1. The number of carbonyl (C=O) groups excluding carboxylic acids is 2. The maximum atomic E-state index is 12.1. The number of aromatic nitrogens is 3. The molecule has 0 fully saturated rings. The first-order chi connectivity index (χ1) is 13.0. The fourth-order valence-corrected chi connectivity index (χ4v) is 3.97. The number of benzene rings is 1. The van der Waals surface area contributed by atoms with Crippen molar-refractivity contribution in [1.29, 1.82) is 0 Å². The van der Waals surface area contributed by atoms with Crippen molar-refractivity contribution in [2.45, 2.75) is 17.7 Å². The molecule has 1 aromatic heterocycles. The molecule has 0 spiro atoms. The first-order valence-corrected chi connectivity index (χ1v) is 9.57. The molecule has 0 bridgehead atoms. The van der Waals surface area contributed by atoms with Crippen molar-refractivity contribution < 1.29 is 14.3 Å². The van der Waals surface area contributed by atoms with Crippen LogP contribution in [0.5, 0.6) is 5.75 Å². The van der Waals surface area contributed by atoms with E-state index in [1.54, 1.807) is 35.0 Å². The van der Waals surface area contributed by atoms with Crippen LogP contribution in [-0.2, 0) is 16.1 Å². The summed E-state index contributed by atoms with van der Waals surface area (Å²) in [5.74, 6) is 0.360. The summed E-state index contributed by atoms with van der Waals surface area (Å²) in [5.41, 5.74) is 2.09. The Labute approximate surface area is 164 Å². The molecule has 1 atom stereocenters. The number of alkyl halides is 1. The van der Waals surface area contributed by atoms with Gasteiger partial charge < -0.3 is 15.0 Å². The third-order valence-electron chi connectivity index (χ3n) is 4.23. The van der Waals surface area contributed by atoms with Crippen LogP contribution in [0.3, 0.4) is 0 Å². The Morgan fingerprint density at radius 2 is 2.33 bits per heavy atom. The minimum absolute atomic E-state index is 0.0125. The summed E-state index contributed by atoms with van der Waals surface area (Å²) >= 11 is 7.34. The number of amides is 2. The smallest absolute Gasteiger partial charge is 0.264 e. The first-order valence-electron chi connectivity index (χ1n) is 8.25. The summed E-state index contributed by atoms with van der Waals surface area (Å²) in [7, 11) is 1.71. The number of likely N-dealkylation sites (N-methyl/N-ethyl adjacent to an activating group) is 1. The van der Waals surface area contributed by atoms with Crippen LogP contribution in [0.1, 0.15) is 12.1 Å². The van der Waals surface area contributed by atoms with Gasteiger partial charge in [0.1, 0.15) is 11.4 Å². The topological polar surface area (TPSA) is 89.4 Å². The molecule has 2 aliphatic rings. The number of nitrogens with zero attached hydrogens (tertiary/aromatic N) is 4. The highest BCUT2D eigenvalue weighted by Gasteiger charge is 2.23. The SMILES string of the molecule is CN1C(=O)COc2cc(-n3cc(CNC(=O)C4=CCC(Cl)S4)nn3)ccc21. The van der Waals surface area contributed by atoms with Gasteiger partial charge in [-0.2, -0.15) is 0 Å². The number of thioether (sulfide) groups is 1. The summed E-state index contributed by atoms with van der Waals surface area (Å²) in [6.07, 6.45) is 4.26. The fourth-order valence-electron chi connectivity index (χ4n) is 2.75. The van der Waals surface area contributed by atoms with Gasteiger partial charge in [0, 0.05) is 13.1 Å². The molecule has 2 aliphatic heterocycles. The number of ether oxygens (including phenoxy) is 1. The molecule has 0 aliphatic carbocycles. The molecular formula is C17H16ClN5O3S. The van der Waals surface area contributed by atoms with Gasteiger partial charge >= 0.3 is 0 Å². The van der Waals surface area contributed by atoms with Crippen molar-refractivity contribution >= 4 is 40.9 Å². The molecule has 0 radical (unpaired) electrons. The number of anilines is 1. The Balaban J connectivity index is 1.44. The van der Waals surface area contributed by atoms with Crippen LogP contribution in [0, 0.1) is 0 Å². The van der Waals surface area contributed by atoms with E-state index in [1.807, 2.05) is 12.1 Å². The van der Waals surface area contributed by atoms with Crippen molar-refractivity contribution in [3.63, 3.8) is 0 Å². The van der Waals surface area contributed by atoms with E-state index in [0.29, 0.717) is 28.5 Å². The van der Waals surface area contributed by atoms with Gasteiger partial charge in [-0.25, -0.2) is 4.68 Å². The summed E-state index contributed by atoms with van der Waals surface area (Å²) < 4.78 is 7.01. The average Bonchev–Trinajstić information content (AvgIpc) is 3.32. The zero-order valence-corrected chi connectivity index (χ0v) is 16.0. The lowest BCUT2D eigenvalue weighted by Crippen LogP contribution is -2.35. The van der Waals surface area contributed by atoms with Gasteiger partial charge in [0.15, 0.2) is 6.61 Å². The predicted octanol–water partition coefficient (Wildman–Crippen LogP) is 1.82. The van der Waals surface area contributed by atoms with Gasteiger partial charge in [-0.3, -0.25) is 9.59 Å². The third-order valence-corrected chi connectivity index (χ3v) is 5.73. The molecule has 0 saturated carbocycles. The first kappa shape index (κ1) is 17.9. The second-order valence-corrected chi connectivity index (χ2v) is 8.09. The average molecular weight is 406 g/mol. The van der Waals surface area contributed by atoms with E-state index in [2.05, 4.69) is 15.6 Å². The van der Waals surface area contributed by atoms with Crippen LogP contribution in [0.15, 0.2) is 35.4 Å². The van der Waals surface area contributed by atoms with Crippen molar-refractivity contribution in [2.24, 2.45) is 0 Å². The van der Waals surface area contributed by atoms with E-state index in [9.17, 15) is 9.59 Å². The maximum absolute atomic E-state index is 12.1. The molecule has 0 saturated heterocycles. The van der Waals surface area contributed by atoms with Crippen LogP contribution >= 0.6 is 23.4 Å². The van der Waals surface area contributed by atoms with E-state index >= 15 is 0 Å². The van der Waals surface area contributed by atoms with Gasteiger partial charge in [0.05, 0.1) is 33.7 Å². The van der Waals surface area contributed by atoms with Crippen LogP contribution in [-0.4, -0.2) is 45.2 Å². The number of rotatable bonds is 4. The summed E-state index contributed by atoms with van der Waals surface area (Å²) in [5, 5.41) is 11.0. The Kier molecular flexibility index (Phi) is 4.79. The van der Waals surface area contributed by atoms with Crippen LogP contribution < -0.4 is 15.0 Å². The van der Waals surface area contributed by atoms with E-state index in [1.165, 1.54) is 11.8 Å². The number of fused-ring (bicyclic) bond motifs is 1. The quantitative estimate of drug-likeness (QED) is 0.780. The molecular weight excluding hydrogens is 390 g/mol. The number of hydrogen-bond donors (Lipinski definition) is 1. The minimum atomic E-state index is -0.160. The maximum Gasteiger partial charge on any atom is 0.264 e. The van der Waals surface area contributed by atoms with E-state index < -0.39 is 0 Å². The molecule has 27 heavy (non-hydrogen) atoms. The monoisotopic (exact) mass is 405 g/mol. The summed E-state index contributed by atoms with van der Waals surface area (Å²) in [4.78, 5) is 26.0. The van der Waals surface area contributed by atoms with Gasteiger partial charge in [-0.15, -0.1) is 28.5 Å². The molecule has 8 nitrogen and oxygen atoms in total. The number of carbonyl (C=O) groups is 2. The molecule has 2 amide bonds. The lowest BCUT2D eigenvalue weighted by molar-refractivity contribution is -0.121. The second kappa shape index (κ2) is 7.24. The molecule has 3 heterocycles. The van der Waals surface area contributed by atoms with Crippen molar-refractivity contribution in [2.75, 3.05) is 18.6 Å². The highest BCUT2D eigenvalue weighted by atomic mass is 35.5. The Morgan fingerprint density at radius 3 is 3.11 bits per heavy atom. The third kappa shape index (κ3) is 3.65. The molecule has 1 unspecified atom stereocenters. The van der Waals surface area contributed by atoms with Crippen molar-refractivity contribution in [3.8, 4) is 11.4 Å². The molecule has 10 heteroatoms. The Morgan fingerprint density at radius 1 is 1.48 bits per heavy atom. The van der Waals surface area contributed by atoms with E-state index in [0.717, 1.165) is 5.69 Å². The van der Waals surface area contributed by atoms with Crippen LogP contribution in [0.4, 0.5) is 5.69 Å². The van der Waals surface area contributed by atoms with Crippen molar-refractivity contribution in [3.05, 3.63) is 41.1 Å². The van der Waals surface area contributed by atoms with Crippen molar-refractivity contribution in [1.82, 2.24) is 20.3 Å². The van der Waals surface area contributed by atoms with Gasteiger partial charge in [0.2, 0.25) is 0 Å². The zero-order valence-electron chi connectivity index (χ0n) is 14.4. The lowest BCUT2D eigenvalue weighted by atomic mass is 10.2. The zero-order chi connectivity index (χ0) is 19.0. The standard InChI is InChI=1S/C17H16ClN5O3S/c1-22-12-3-2-11(6-13(12)26-9-16(22)24)23-8-10(20-21-23)7-19-17(25)14-4-5-15(18)27-14/h2-4,6,8,15H,5,7,9H2,1H3,(H,19,25). The summed E-state index contributed by atoms with van der Waals surface area (Å²) in [6.45, 7) is 0.279. The van der Waals surface area contributed by atoms with Gasteiger partial charge in [0.25, 0.3) is 11.8 Å². The fraction of sp³-hybridized carbons (Fsp3) is 0.294. The largest absolute Gasteiger partial charge is 0.481 e. The normalized spacial score (nSPS) is 18.7. The second-order valence-electron chi connectivity index (χ2n) is 6.06. The van der Waals surface area contributed by atoms with Gasteiger partial charge in [-0.05, 0) is 18.6 Å². The van der Waals surface area contributed by atoms with Crippen LogP contribution in [0.25, 0.3) is 5.69 Å². The predicted molar refractivity (Wildman–Crippen MR) is 102 cm³/mol. The lowest BCUT2D eigenvalue weighted by Gasteiger charge is -2.26. The molecule has 140 valence electrons. The number of halogens is 1. The van der Waals surface area contributed by atoms with E-state index in [-0.39, 0.29) is 29.7 Å². The highest BCUT2D eigenvalue weighted by Crippen LogP contribution is 2.35.